The van der Waals surface area contributed by atoms with E-state index in [1.165, 1.54) is 34.5 Å². The topological polar surface area (TPSA) is 159 Å². The molecular formula is C62H84N8O5S3. The van der Waals surface area contributed by atoms with Crippen LogP contribution in [0, 0.1) is 6.57 Å². The van der Waals surface area contributed by atoms with E-state index in [0.717, 1.165) is 141 Å². The number of rotatable bonds is 15. The second-order valence-electron chi connectivity index (χ2n) is 19.8. The van der Waals surface area contributed by atoms with E-state index in [9.17, 15) is 20.1 Å². The number of ketones is 1. The zero-order valence-corrected chi connectivity index (χ0v) is 49.7. The van der Waals surface area contributed by atoms with Gasteiger partial charge in [-0.05, 0) is 180 Å². The van der Waals surface area contributed by atoms with E-state index in [1.807, 2.05) is 36.4 Å². The molecule has 78 heavy (non-hydrogen) atoms. The number of thiazole rings is 1. The van der Waals surface area contributed by atoms with Crippen molar-refractivity contribution in [3.63, 3.8) is 0 Å². The first-order chi connectivity index (χ1) is 37.7. The molecule has 6 atom stereocenters. The van der Waals surface area contributed by atoms with Crippen molar-refractivity contribution in [2.75, 3.05) is 72.0 Å². The number of aliphatic hydroxyl groups is 3. The number of anilines is 4. The van der Waals surface area contributed by atoms with E-state index in [2.05, 4.69) is 145 Å². The number of hydrogen-bond donors (Lipinski definition) is 4. The summed E-state index contributed by atoms with van der Waals surface area (Å²) in [4.78, 5) is 34.0. The molecule has 4 aromatic carbocycles. The van der Waals surface area contributed by atoms with Crippen molar-refractivity contribution in [3.05, 3.63) is 130 Å². The highest BCUT2D eigenvalue weighted by molar-refractivity contribution is 8.15. The fourth-order valence-electron chi connectivity index (χ4n) is 10.3. The summed E-state index contributed by atoms with van der Waals surface area (Å²) in [6.07, 6.45) is 7.61. The number of aliphatic hydroxyl groups excluding tert-OH is 2. The zero-order valence-electron chi connectivity index (χ0n) is 47.2. The van der Waals surface area contributed by atoms with Crippen molar-refractivity contribution in [3.8, 4) is 10.6 Å². The molecular weight excluding hydrogens is 1030 g/mol. The summed E-state index contributed by atoms with van der Waals surface area (Å²) in [7, 11) is 0. The van der Waals surface area contributed by atoms with Gasteiger partial charge in [0, 0.05) is 98.2 Å². The second-order valence-corrected chi connectivity index (χ2v) is 22.4. The van der Waals surface area contributed by atoms with Crippen LogP contribution in [0.1, 0.15) is 135 Å². The van der Waals surface area contributed by atoms with Gasteiger partial charge in [-0.1, -0.05) is 48.2 Å². The van der Waals surface area contributed by atoms with Crippen LogP contribution >= 0.6 is 35.3 Å². The highest BCUT2D eigenvalue weighted by Crippen LogP contribution is 2.45. The largest absolute Gasteiger partial charge is 0.392 e. The molecule has 0 amide bonds. The minimum atomic E-state index is -1.09. The molecule has 5 aliphatic rings. The molecule has 5 N–H and O–H groups in total. The highest BCUT2D eigenvalue weighted by Gasteiger charge is 2.49. The van der Waals surface area contributed by atoms with Crippen LogP contribution in [0.3, 0.4) is 0 Å². The summed E-state index contributed by atoms with van der Waals surface area (Å²) >= 11 is 8.06. The Labute approximate surface area is 478 Å². The third kappa shape index (κ3) is 16.4. The number of benzene rings is 4. The number of carbonyl (C=O) groups is 1. The van der Waals surface area contributed by atoms with Gasteiger partial charge in [-0.15, -0.1) is 11.3 Å². The van der Waals surface area contributed by atoms with Gasteiger partial charge in [0.15, 0.2) is 17.2 Å². The Balaban J connectivity index is 0.000000164. The quantitative estimate of drug-likeness (QED) is 0.0446. The molecule has 10 rings (SSSR count). The molecule has 1 aromatic heterocycles. The van der Waals surface area contributed by atoms with Gasteiger partial charge in [-0.3, -0.25) is 4.79 Å². The van der Waals surface area contributed by atoms with Crippen molar-refractivity contribution in [1.82, 2.24) is 4.98 Å². The maximum atomic E-state index is 10.7. The van der Waals surface area contributed by atoms with Crippen molar-refractivity contribution in [2.24, 2.45) is 10.7 Å². The van der Waals surface area contributed by atoms with Gasteiger partial charge >= 0.3 is 0 Å². The summed E-state index contributed by atoms with van der Waals surface area (Å²) in [5, 5.41) is 32.5. The van der Waals surface area contributed by atoms with E-state index in [4.69, 9.17) is 34.2 Å². The number of aliphatic imine (C=N–C) groups is 1. The van der Waals surface area contributed by atoms with Crippen LogP contribution in [0.4, 0.5) is 28.4 Å². The molecule has 2 aliphatic heterocycles. The molecule has 5 aromatic rings. The standard InChI is InChI=1S/C17H24N2O2S.C17H22N2OS.C11H16N2S.C11H14N2.C6H8O2/c1-3-19(4-2)13-9-7-12(8-10-13)16-18-17(21)11-5-6-14(20)15(17)22-16;1-3-19(4-2)13-10-8-12(9-11-13)17-18-14-6-5-7-15(20)16(14)21-17;1-3-13(4-2)10-7-5-9(6-8-10)11(12)14;1-4-13(5-2)11-8-6-10(12-3)7-9-11;7-4-2-1-3-5-6(4)8-5/h7-10,14-15,20-21H,3-6,11H2,1-2H3;8-11,15,20H,3-7H2,1-2H3;5-8H,3-4H2,1-2H3,(H2,12,14);6-9H,4-5H2,1-2H3;5-6H,1-3H2. The lowest BCUT2D eigenvalue weighted by molar-refractivity contribution is -0.120. The van der Waals surface area contributed by atoms with E-state index in [0.29, 0.717) is 29.0 Å². The number of aryl methyl sites for hydroxylation is 1. The van der Waals surface area contributed by atoms with Crippen molar-refractivity contribution >= 4 is 79.6 Å². The number of aromatic nitrogens is 1. The van der Waals surface area contributed by atoms with E-state index >= 15 is 0 Å². The first-order valence-corrected chi connectivity index (χ1v) is 30.4. The maximum Gasteiger partial charge on any atom is 0.187 e. The summed E-state index contributed by atoms with van der Waals surface area (Å²) < 4.78 is 5.04. The van der Waals surface area contributed by atoms with E-state index in [1.54, 1.807) is 11.3 Å². The molecule has 6 unspecified atom stereocenters. The number of carbonyl (C=O) groups excluding carboxylic acids is 1. The van der Waals surface area contributed by atoms with Crippen molar-refractivity contribution < 1.29 is 24.9 Å². The van der Waals surface area contributed by atoms with E-state index in [-0.39, 0.29) is 17.5 Å². The number of epoxide rings is 1. The molecule has 0 bridgehead atoms. The number of nitrogens with zero attached hydrogens (tertiary/aromatic N) is 7. The Bertz CT molecular complexity index is 2720. The average molecular weight is 1120 g/mol. The molecule has 3 heterocycles. The monoisotopic (exact) mass is 1120 g/mol. The minimum absolute atomic E-state index is 0.0312. The van der Waals surface area contributed by atoms with Crippen LogP contribution in [0.15, 0.2) is 102 Å². The van der Waals surface area contributed by atoms with Gasteiger partial charge in [-0.25, -0.2) is 14.8 Å². The first-order valence-electron chi connectivity index (χ1n) is 28.3. The SMILES string of the molecule is CCN(CC)c1ccc(-c2nc3c(s2)C(O)CCC3)cc1.CCN(CC)c1ccc(C(N)=S)cc1.CCN(CC)c1ccc(C2=NC3(O)CCCC(O)C3S2)cc1.O=C1CCCC2OC12.[C-]#[N+]c1ccc(N(CC)CC)cc1. The van der Waals surface area contributed by atoms with Crippen molar-refractivity contribution in [1.29, 1.82) is 0 Å². The van der Waals surface area contributed by atoms with Crippen LogP contribution in [-0.4, -0.2) is 118 Å². The number of thioether (sulfide) groups is 1. The molecule has 0 radical (unpaired) electrons. The molecule has 420 valence electrons. The van der Waals surface area contributed by atoms with Crippen LogP contribution in [0.25, 0.3) is 15.4 Å². The minimum Gasteiger partial charge on any atom is -0.392 e. The summed E-state index contributed by atoms with van der Waals surface area (Å²) in [5.41, 5.74) is 14.2. The predicted octanol–water partition coefficient (Wildman–Crippen LogP) is 12.4. The third-order valence-electron chi connectivity index (χ3n) is 15.0. The molecule has 2 saturated carbocycles. The van der Waals surface area contributed by atoms with Gasteiger partial charge < -0.3 is 45.4 Å². The van der Waals surface area contributed by atoms with Gasteiger partial charge in [0.1, 0.15) is 21.1 Å². The Morgan fingerprint density at radius 1 is 0.692 bits per heavy atom. The molecule has 1 saturated heterocycles. The smallest absolute Gasteiger partial charge is 0.187 e. The lowest BCUT2D eigenvalue weighted by Gasteiger charge is -2.34. The lowest BCUT2D eigenvalue weighted by atomic mass is 9.89. The van der Waals surface area contributed by atoms with Crippen LogP contribution in [-0.2, 0) is 16.0 Å². The number of Topliss-reactive ketones (excluding diaryl/α,β-unsaturated/α-hetero) is 1. The number of fused-ring (bicyclic) bond motifs is 3. The Kier molecular flexibility index (Phi) is 24.0. The maximum absolute atomic E-state index is 10.7. The number of ether oxygens (including phenoxy) is 1. The number of thiocarbonyl (C=S) groups is 1. The predicted molar refractivity (Wildman–Crippen MR) is 331 cm³/mol. The lowest BCUT2D eigenvalue weighted by Crippen LogP contribution is -2.46. The molecule has 16 heteroatoms. The Hall–Kier alpha value is -5.38. The third-order valence-corrected chi connectivity index (χ3v) is 18.0. The molecule has 0 spiro atoms. The summed E-state index contributed by atoms with van der Waals surface area (Å²) in [6.45, 7) is 32.1. The average Bonchev–Trinajstić information content (AvgIpc) is 4.04. The Morgan fingerprint density at radius 3 is 1.60 bits per heavy atom. The Morgan fingerprint density at radius 2 is 1.17 bits per heavy atom. The van der Waals surface area contributed by atoms with Crippen LogP contribution in [0.5, 0.6) is 0 Å². The van der Waals surface area contributed by atoms with Gasteiger partial charge in [0.2, 0.25) is 0 Å². The normalized spacial score (nSPS) is 21.2. The fraction of sp³-hybridized carbons (Fsp3) is 0.500. The van der Waals surface area contributed by atoms with Crippen LogP contribution in [0.2, 0.25) is 0 Å². The summed E-state index contributed by atoms with van der Waals surface area (Å²) in [6, 6.07) is 32.7. The first kappa shape index (κ1) is 61.8. The van der Waals surface area contributed by atoms with Crippen molar-refractivity contribution in [2.45, 2.75) is 149 Å². The van der Waals surface area contributed by atoms with Gasteiger partial charge in [0.05, 0.1) is 40.7 Å². The zero-order chi connectivity index (χ0) is 56.4. The molecule has 3 aliphatic carbocycles. The van der Waals surface area contributed by atoms with E-state index < -0.39 is 11.8 Å². The summed E-state index contributed by atoms with van der Waals surface area (Å²) in [5.74, 6) is 0.321. The number of nitrogens with two attached hydrogens (primary N) is 1. The van der Waals surface area contributed by atoms with Crippen LogP contribution < -0.4 is 25.3 Å². The fourth-order valence-corrected chi connectivity index (χ4v) is 12.9. The highest BCUT2D eigenvalue weighted by atomic mass is 32.2. The number of hydrogen-bond acceptors (Lipinski definition) is 14. The second kappa shape index (κ2) is 30.3. The molecule has 13 nitrogen and oxygen atoms in total. The van der Waals surface area contributed by atoms with Gasteiger partial charge in [0.25, 0.3) is 0 Å². The molecule has 3 fully saturated rings. The van der Waals surface area contributed by atoms with Gasteiger partial charge in [-0.2, -0.15) is 0 Å².